The van der Waals surface area contributed by atoms with Crippen molar-refractivity contribution < 1.29 is 4.74 Å². The summed E-state index contributed by atoms with van der Waals surface area (Å²) in [5, 5.41) is 3.17. The smallest absolute Gasteiger partial charge is 0.0895 e. The molecule has 1 aliphatic rings. The zero-order valence-corrected chi connectivity index (χ0v) is 7.79. The third-order valence-electron chi connectivity index (χ3n) is 2.32. The monoisotopic (exact) mass is 178 g/mol. The zero-order valence-electron chi connectivity index (χ0n) is 7.79. The van der Waals surface area contributed by atoms with Crippen LogP contribution in [0, 0.1) is 6.92 Å². The summed E-state index contributed by atoms with van der Waals surface area (Å²) in [4.78, 5) is 4.26. The number of ether oxygens (including phenoxy) is 1. The summed E-state index contributed by atoms with van der Waals surface area (Å²) in [6.07, 6.45) is 2.20. The summed E-state index contributed by atoms with van der Waals surface area (Å²) < 4.78 is 5.62. The number of nitrogens with one attached hydrogen (secondary N) is 1. The lowest BCUT2D eigenvalue weighted by Gasteiger charge is -2.27. The van der Waals surface area contributed by atoms with Crippen LogP contribution in [0.15, 0.2) is 18.3 Å². The predicted molar refractivity (Wildman–Crippen MR) is 50.4 cm³/mol. The Morgan fingerprint density at radius 2 is 2.46 bits per heavy atom. The summed E-state index contributed by atoms with van der Waals surface area (Å²) in [6, 6.07) is 4.01. The van der Waals surface area contributed by atoms with E-state index in [-0.39, 0.29) is 0 Å². The average molecular weight is 178 g/mol. The first-order chi connectivity index (χ1) is 6.36. The third kappa shape index (κ3) is 2.05. The second kappa shape index (κ2) is 3.85. The lowest BCUT2D eigenvalue weighted by atomic mass is 10.2. The van der Waals surface area contributed by atoms with E-state index in [0.29, 0.717) is 12.7 Å². The van der Waals surface area contributed by atoms with Crippen LogP contribution >= 0.6 is 0 Å². The van der Waals surface area contributed by atoms with Gasteiger partial charge in [0.25, 0.3) is 0 Å². The molecule has 1 aromatic rings. The average Bonchev–Trinajstić information content (AvgIpc) is 2.05. The first-order valence-electron chi connectivity index (χ1n) is 4.59. The largest absolute Gasteiger partial charge is 0.369 e. The van der Waals surface area contributed by atoms with Gasteiger partial charge in [-0.3, -0.25) is 4.98 Å². The molecule has 1 fully saturated rings. The van der Waals surface area contributed by atoms with Crippen LogP contribution in [-0.4, -0.2) is 24.2 Å². The molecule has 0 bridgehead atoms. The Bertz CT molecular complexity index is 284. The molecule has 2 rings (SSSR count). The second-order valence-electron chi connectivity index (χ2n) is 3.36. The highest BCUT2D eigenvalue weighted by atomic mass is 16.5. The highest BCUT2D eigenvalue weighted by Gasteiger charge is 2.17. The number of hydrogen-bond donors (Lipinski definition) is 1. The van der Waals surface area contributed by atoms with Crippen molar-refractivity contribution >= 4 is 0 Å². The van der Waals surface area contributed by atoms with E-state index in [1.54, 1.807) is 0 Å². The van der Waals surface area contributed by atoms with Gasteiger partial charge in [0, 0.05) is 19.3 Å². The molecule has 1 aromatic heterocycles. The van der Waals surface area contributed by atoms with E-state index in [2.05, 4.69) is 23.3 Å². The van der Waals surface area contributed by atoms with Crippen LogP contribution in [0.1, 0.15) is 11.3 Å². The highest BCUT2D eigenvalue weighted by Crippen LogP contribution is 2.07. The topological polar surface area (TPSA) is 34.1 Å². The standard InChI is InChI=1S/C10H14N2O/c1-8-3-2-4-12-10(8)7-13-9-5-11-6-9/h2-4,9,11H,5-7H2,1H3. The first kappa shape index (κ1) is 8.66. The molecule has 0 aromatic carbocycles. The minimum absolute atomic E-state index is 0.390. The molecule has 1 saturated heterocycles. The Hall–Kier alpha value is -0.930. The van der Waals surface area contributed by atoms with Crippen LogP contribution in [-0.2, 0) is 11.3 Å². The van der Waals surface area contributed by atoms with E-state index < -0.39 is 0 Å². The maximum Gasteiger partial charge on any atom is 0.0895 e. The van der Waals surface area contributed by atoms with Crippen molar-refractivity contribution in [2.75, 3.05) is 13.1 Å². The van der Waals surface area contributed by atoms with Gasteiger partial charge < -0.3 is 10.1 Å². The summed E-state index contributed by atoms with van der Waals surface area (Å²) in [5.41, 5.74) is 2.25. The Morgan fingerprint density at radius 1 is 1.62 bits per heavy atom. The molecule has 3 nitrogen and oxygen atoms in total. The van der Waals surface area contributed by atoms with Gasteiger partial charge in [0.05, 0.1) is 18.4 Å². The Labute approximate surface area is 78.1 Å². The fraction of sp³-hybridized carbons (Fsp3) is 0.500. The van der Waals surface area contributed by atoms with Crippen molar-refractivity contribution in [3.8, 4) is 0 Å². The molecule has 0 atom stereocenters. The quantitative estimate of drug-likeness (QED) is 0.746. The van der Waals surface area contributed by atoms with Crippen molar-refractivity contribution in [2.45, 2.75) is 19.6 Å². The van der Waals surface area contributed by atoms with E-state index in [1.165, 1.54) is 5.56 Å². The molecule has 2 heterocycles. The van der Waals surface area contributed by atoms with Crippen LogP contribution in [0.4, 0.5) is 0 Å². The maximum atomic E-state index is 5.62. The molecule has 0 spiro atoms. The van der Waals surface area contributed by atoms with Crippen molar-refractivity contribution in [1.29, 1.82) is 0 Å². The molecule has 0 unspecified atom stereocenters. The van der Waals surface area contributed by atoms with E-state index >= 15 is 0 Å². The summed E-state index contributed by atoms with van der Waals surface area (Å²) in [7, 11) is 0. The molecular formula is C10H14N2O. The normalized spacial score (nSPS) is 17.0. The van der Waals surface area contributed by atoms with Gasteiger partial charge in [-0.05, 0) is 18.6 Å². The minimum Gasteiger partial charge on any atom is -0.369 e. The van der Waals surface area contributed by atoms with Gasteiger partial charge in [-0.15, -0.1) is 0 Å². The molecule has 1 N–H and O–H groups in total. The number of nitrogens with zero attached hydrogens (tertiary/aromatic N) is 1. The van der Waals surface area contributed by atoms with Gasteiger partial charge in [0.1, 0.15) is 0 Å². The van der Waals surface area contributed by atoms with Gasteiger partial charge in [-0.2, -0.15) is 0 Å². The van der Waals surface area contributed by atoms with E-state index in [4.69, 9.17) is 4.74 Å². The predicted octanol–water partition coefficient (Wildman–Crippen LogP) is 0.878. The number of pyridine rings is 1. The van der Waals surface area contributed by atoms with Gasteiger partial charge >= 0.3 is 0 Å². The molecule has 3 heteroatoms. The lowest BCUT2D eigenvalue weighted by molar-refractivity contribution is 0.00583. The second-order valence-corrected chi connectivity index (χ2v) is 3.36. The molecule has 1 aliphatic heterocycles. The molecule has 0 radical (unpaired) electrons. The third-order valence-corrected chi connectivity index (χ3v) is 2.32. The fourth-order valence-corrected chi connectivity index (χ4v) is 1.25. The van der Waals surface area contributed by atoms with Crippen molar-refractivity contribution in [3.63, 3.8) is 0 Å². The van der Waals surface area contributed by atoms with Crippen LogP contribution in [0.25, 0.3) is 0 Å². The summed E-state index contributed by atoms with van der Waals surface area (Å²) in [6.45, 7) is 4.65. The Balaban J connectivity index is 1.89. The first-order valence-corrected chi connectivity index (χ1v) is 4.59. The number of aryl methyl sites for hydroxylation is 1. The number of aromatic nitrogens is 1. The maximum absolute atomic E-state index is 5.62. The van der Waals surface area contributed by atoms with Crippen LogP contribution in [0.3, 0.4) is 0 Å². The van der Waals surface area contributed by atoms with Gasteiger partial charge in [-0.25, -0.2) is 0 Å². The van der Waals surface area contributed by atoms with E-state index in [0.717, 1.165) is 18.8 Å². The lowest BCUT2D eigenvalue weighted by Crippen LogP contribution is -2.48. The number of rotatable bonds is 3. The van der Waals surface area contributed by atoms with Crippen LogP contribution in [0.5, 0.6) is 0 Å². The van der Waals surface area contributed by atoms with Crippen LogP contribution in [0.2, 0.25) is 0 Å². The molecule has 13 heavy (non-hydrogen) atoms. The van der Waals surface area contributed by atoms with Gasteiger partial charge in [0.15, 0.2) is 0 Å². The molecular weight excluding hydrogens is 164 g/mol. The minimum atomic E-state index is 0.390. The van der Waals surface area contributed by atoms with E-state index in [1.807, 2.05) is 12.3 Å². The van der Waals surface area contributed by atoms with Crippen molar-refractivity contribution in [1.82, 2.24) is 10.3 Å². The van der Waals surface area contributed by atoms with E-state index in [9.17, 15) is 0 Å². The molecule has 0 aliphatic carbocycles. The van der Waals surface area contributed by atoms with Gasteiger partial charge in [-0.1, -0.05) is 6.07 Å². The summed E-state index contributed by atoms with van der Waals surface area (Å²) >= 11 is 0. The summed E-state index contributed by atoms with van der Waals surface area (Å²) in [5.74, 6) is 0. The fourth-order valence-electron chi connectivity index (χ4n) is 1.25. The number of hydrogen-bond acceptors (Lipinski definition) is 3. The van der Waals surface area contributed by atoms with Gasteiger partial charge in [0.2, 0.25) is 0 Å². The molecule has 0 amide bonds. The van der Waals surface area contributed by atoms with Crippen LogP contribution < -0.4 is 5.32 Å². The SMILES string of the molecule is Cc1cccnc1COC1CNC1. The molecule has 0 saturated carbocycles. The Morgan fingerprint density at radius 3 is 3.08 bits per heavy atom. The van der Waals surface area contributed by atoms with Crippen molar-refractivity contribution in [2.24, 2.45) is 0 Å². The highest BCUT2D eigenvalue weighted by molar-refractivity contribution is 5.16. The Kier molecular flexibility index (Phi) is 2.57. The van der Waals surface area contributed by atoms with Crippen molar-refractivity contribution in [3.05, 3.63) is 29.6 Å². The molecule has 70 valence electrons. The zero-order chi connectivity index (χ0) is 9.10.